The summed E-state index contributed by atoms with van der Waals surface area (Å²) in [4.78, 5) is 0. The highest BCUT2D eigenvalue weighted by atomic mass is 19.1. The molecule has 20 heavy (non-hydrogen) atoms. The fourth-order valence-corrected chi connectivity index (χ4v) is 3.06. The van der Waals surface area contributed by atoms with Crippen LogP contribution < -0.4 is 5.32 Å². The summed E-state index contributed by atoms with van der Waals surface area (Å²) in [6.07, 6.45) is 6.50. The summed E-state index contributed by atoms with van der Waals surface area (Å²) in [5.74, 6) is 0.688. The lowest BCUT2D eigenvalue weighted by atomic mass is 9.81. The van der Waals surface area contributed by atoms with E-state index in [0.29, 0.717) is 5.56 Å². The topological polar surface area (TPSA) is 12.0 Å². The third-order valence-corrected chi connectivity index (χ3v) is 4.52. The van der Waals surface area contributed by atoms with Gasteiger partial charge in [-0.1, -0.05) is 32.6 Å². The van der Waals surface area contributed by atoms with E-state index in [-0.39, 0.29) is 6.04 Å². The summed E-state index contributed by atoms with van der Waals surface area (Å²) in [5.41, 5.74) is 0.680. The van der Waals surface area contributed by atoms with Gasteiger partial charge < -0.3 is 5.32 Å². The molecule has 1 aliphatic carbocycles. The monoisotopic (exact) mass is 281 g/mol. The first kappa shape index (κ1) is 15.4. The molecule has 0 radical (unpaired) electrons. The highest BCUT2D eigenvalue weighted by Gasteiger charge is 2.18. The smallest absolute Gasteiger partial charge is 0.126 e. The molecule has 0 amide bonds. The molecule has 0 aromatic heterocycles. The molecule has 1 N–H and O–H groups in total. The first-order valence-corrected chi connectivity index (χ1v) is 7.74. The number of hydrogen-bond acceptors (Lipinski definition) is 1. The largest absolute Gasteiger partial charge is 0.310 e. The van der Waals surface area contributed by atoms with Gasteiger partial charge in [0.25, 0.3) is 0 Å². The van der Waals surface area contributed by atoms with Crippen molar-refractivity contribution in [1.82, 2.24) is 5.32 Å². The van der Waals surface area contributed by atoms with E-state index >= 15 is 0 Å². The van der Waals surface area contributed by atoms with Crippen molar-refractivity contribution < 1.29 is 8.78 Å². The molecule has 3 heteroatoms. The van der Waals surface area contributed by atoms with E-state index in [0.717, 1.165) is 30.9 Å². The third kappa shape index (κ3) is 4.55. The molecular formula is C17H25F2N. The molecule has 0 spiro atoms. The second-order valence-electron chi connectivity index (χ2n) is 6.29. The van der Waals surface area contributed by atoms with Crippen molar-refractivity contribution in [2.75, 3.05) is 6.54 Å². The van der Waals surface area contributed by atoms with Crippen LogP contribution in [-0.4, -0.2) is 6.54 Å². The van der Waals surface area contributed by atoms with Crippen LogP contribution in [0.15, 0.2) is 18.2 Å². The molecule has 1 nitrogen and oxygen atoms in total. The van der Waals surface area contributed by atoms with E-state index in [4.69, 9.17) is 0 Å². The maximum atomic E-state index is 13.2. The van der Waals surface area contributed by atoms with Gasteiger partial charge in [-0.15, -0.1) is 0 Å². The normalized spacial score (nSPS) is 24.6. The molecule has 2 rings (SSSR count). The van der Waals surface area contributed by atoms with Crippen LogP contribution in [0.3, 0.4) is 0 Å². The highest BCUT2D eigenvalue weighted by molar-refractivity contribution is 5.20. The van der Waals surface area contributed by atoms with Gasteiger partial charge in [0, 0.05) is 12.1 Å². The predicted molar refractivity (Wildman–Crippen MR) is 78.5 cm³/mol. The van der Waals surface area contributed by atoms with Gasteiger partial charge in [0.15, 0.2) is 0 Å². The quantitative estimate of drug-likeness (QED) is 0.815. The first-order valence-electron chi connectivity index (χ1n) is 7.74. The number of halogens is 2. The molecule has 1 aromatic carbocycles. The molecule has 1 saturated carbocycles. The summed E-state index contributed by atoms with van der Waals surface area (Å²) in [6, 6.07) is 3.72. The Hall–Kier alpha value is -0.960. The van der Waals surface area contributed by atoms with Gasteiger partial charge in [0.05, 0.1) is 0 Å². The molecule has 1 atom stereocenters. The molecule has 0 aliphatic heterocycles. The van der Waals surface area contributed by atoms with Gasteiger partial charge in [-0.2, -0.15) is 0 Å². The lowest BCUT2D eigenvalue weighted by Crippen LogP contribution is -2.23. The van der Waals surface area contributed by atoms with Gasteiger partial charge in [0.1, 0.15) is 11.6 Å². The molecule has 1 unspecified atom stereocenters. The van der Waals surface area contributed by atoms with E-state index in [9.17, 15) is 8.78 Å². The van der Waals surface area contributed by atoms with Crippen molar-refractivity contribution >= 4 is 0 Å². The van der Waals surface area contributed by atoms with Crippen molar-refractivity contribution in [2.24, 2.45) is 11.8 Å². The molecule has 1 fully saturated rings. The van der Waals surface area contributed by atoms with Crippen LogP contribution in [0, 0.1) is 23.5 Å². The summed E-state index contributed by atoms with van der Waals surface area (Å²) >= 11 is 0. The minimum atomic E-state index is -0.505. The molecule has 0 heterocycles. The van der Waals surface area contributed by atoms with Gasteiger partial charge in [0.2, 0.25) is 0 Å². The zero-order valence-corrected chi connectivity index (χ0v) is 12.5. The van der Waals surface area contributed by atoms with Gasteiger partial charge in [-0.3, -0.25) is 0 Å². The summed E-state index contributed by atoms with van der Waals surface area (Å²) < 4.78 is 26.3. The first-order chi connectivity index (χ1) is 9.54. The molecule has 0 bridgehead atoms. The van der Waals surface area contributed by atoms with Crippen LogP contribution in [0.4, 0.5) is 8.78 Å². The fraction of sp³-hybridized carbons (Fsp3) is 0.647. The second kappa shape index (κ2) is 7.16. The number of benzene rings is 1. The van der Waals surface area contributed by atoms with Crippen LogP contribution in [0.1, 0.15) is 57.6 Å². The number of rotatable bonds is 5. The Morgan fingerprint density at radius 2 is 1.70 bits per heavy atom. The Bertz CT molecular complexity index is 405. The van der Waals surface area contributed by atoms with E-state index in [1.807, 2.05) is 6.92 Å². The van der Waals surface area contributed by atoms with Crippen LogP contribution in [0.25, 0.3) is 0 Å². The van der Waals surface area contributed by atoms with Crippen LogP contribution in [0.2, 0.25) is 0 Å². The highest BCUT2D eigenvalue weighted by Crippen LogP contribution is 2.30. The van der Waals surface area contributed by atoms with Crippen molar-refractivity contribution in [3.8, 4) is 0 Å². The number of nitrogens with one attached hydrogen (secondary N) is 1. The van der Waals surface area contributed by atoms with E-state index in [1.54, 1.807) is 0 Å². The lowest BCUT2D eigenvalue weighted by Gasteiger charge is -2.26. The maximum absolute atomic E-state index is 13.2. The SMILES string of the molecule is CC1CCC(CCNC(C)c2cc(F)cc(F)c2)CC1. The Kier molecular flexibility index (Phi) is 5.53. The fourth-order valence-electron chi connectivity index (χ4n) is 3.06. The molecular weight excluding hydrogens is 256 g/mol. The van der Waals surface area contributed by atoms with Crippen molar-refractivity contribution in [3.05, 3.63) is 35.4 Å². The van der Waals surface area contributed by atoms with Crippen molar-refractivity contribution in [2.45, 2.75) is 52.0 Å². The maximum Gasteiger partial charge on any atom is 0.126 e. The van der Waals surface area contributed by atoms with Crippen molar-refractivity contribution in [3.63, 3.8) is 0 Å². The summed E-state index contributed by atoms with van der Waals surface area (Å²) in [7, 11) is 0. The molecule has 0 saturated heterocycles. The summed E-state index contributed by atoms with van der Waals surface area (Å²) in [5, 5.41) is 3.38. The molecule has 112 valence electrons. The van der Waals surface area contributed by atoms with Gasteiger partial charge in [-0.25, -0.2) is 8.78 Å². The molecule has 1 aliphatic rings. The number of hydrogen-bond donors (Lipinski definition) is 1. The zero-order valence-electron chi connectivity index (χ0n) is 12.5. The van der Waals surface area contributed by atoms with Crippen LogP contribution in [0.5, 0.6) is 0 Å². The minimum absolute atomic E-state index is 0.0114. The van der Waals surface area contributed by atoms with Gasteiger partial charge in [-0.05, 0) is 49.4 Å². The lowest BCUT2D eigenvalue weighted by molar-refractivity contribution is 0.273. The van der Waals surface area contributed by atoms with E-state index in [1.165, 1.54) is 37.8 Å². The zero-order chi connectivity index (χ0) is 14.5. The summed E-state index contributed by atoms with van der Waals surface area (Å²) in [6.45, 7) is 5.20. The Morgan fingerprint density at radius 3 is 2.30 bits per heavy atom. The minimum Gasteiger partial charge on any atom is -0.310 e. The second-order valence-corrected chi connectivity index (χ2v) is 6.29. The van der Waals surface area contributed by atoms with Crippen molar-refractivity contribution in [1.29, 1.82) is 0 Å². The Labute approximate surface area is 120 Å². The van der Waals surface area contributed by atoms with Crippen LogP contribution >= 0.6 is 0 Å². The predicted octanol–water partition coefficient (Wildman–Crippen LogP) is 4.83. The van der Waals surface area contributed by atoms with E-state index in [2.05, 4.69) is 12.2 Å². The Morgan fingerprint density at radius 1 is 1.10 bits per heavy atom. The average Bonchev–Trinajstić information content (AvgIpc) is 2.40. The molecule has 1 aromatic rings. The third-order valence-electron chi connectivity index (χ3n) is 4.52. The van der Waals surface area contributed by atoms with E-state index < -0.39 is 11.6 Å². The van der Waals surface area contributed by atoms with Crippen LogP contribution in [-0.2, 0) is 0 Å². The Balaban J connectivity index is 1.76. The average molecular weight is 281 g/mol. The standard InChI is InChI=1S/C17H25F2N/c1-12-3-5-14(6-4-12)7-8-20-13(2)15-9-16(18)11-17(19)10-15/h9-14,20H,3-8H2,1-2H3. The van der Waals surface area contributed by atoms with Gasteiger partial charge >= 0.3 is 0 Å².